The predicted molar refractivity (Wildman–Crippen MR) is 107 cm³/mol. The van der Waals surface area contributed by atoms with E-state index in [4.69, 9.17) is 0 Å². The smallest absolute Gasteiger partial charge is 0.253 e. The van der Waals surface area contributed by atoms with E-state index in [1.807, 2.05) is 17.9 Å². The Labute approximate surface area is 161 Å². The maximum Gasteiger partial charge on any atom is 0.253 e. The summed E-state index contributed by atoms with van der Waals surface area (Å²) in [5.74, 6) is -0.126. The highest BCUT2D eigenvalue weighted by atomic mass is 16.2. The van der Waals surface area contributed by atoms with Crippen LogP contribution in [-0.4, -0.2) is 54.3 Å². The number of benzene rings is 2. The van der Waals surface area contributed by atoms with Crippen LogP contribution in [0.3, 0.4) is 0 Å². The number of hydrogen-bond acceptors (Lipinski definition) is 3. The van der Waals surface area contributed by atoms with Gasteiger partial charge in [-0.2, -0.15) is 0 Å². The van der Waals surface area contributed by atoms with Gasteiger partial charge in [-0.15, -0.1) is 0 Å². The number of nitrogens with zero attached hydrogens (tertiary/aromatic N) is 2. The molecule has 2 amide bonds. The molecular weight excluding hydrogens is 338 g/mol. The molecule has 5 nitrogen and oxygen atoms in total. The van der Waals surface area contributed by atoms with Crippen molar-refractivity contribution in [2.24, 2.45) is 0 Å². The molecule has 27 heavy (non-hydrogen) atoms. The lowest BCUT2D eigenvalue weighted by Crippen LogP contribution is -2.48. The van der Waals surface area contributed by atoms with Crippen molar-refractivity contribution in [3.63, 3.8) is 0 Å². The van der Waals surface area contributed by atoms with Crippen LogP contribution in [0.4, 0.5) is 0 Å². The largest absolute Gasteiger partial charge is 0.352 e. The third-order valence-corrected chi connectivity index (χ3v) is 4.82. The Morgan fingerprint density at radius 3 is 2.33 bits per heavy atom. The van der Waals surface area contributed by atoms with Gasteiger partial charge in [0.2, 0.25) is 0 Å². The minimum atomic E-state index is -0.126. The molecule has 1 heterocycles. The fourth-order valence-electron chi connectivity index (χ4n) is 3.27. The number of rotatable bonds is 6. The van der Waals surface area contributed by atoms with Crippen molar-refractivity contribution in [2.45, 2.75) is 19.9 Å². The van der Waals surface area contributed by atoms with Crippen LogP contribution in [0.25, 0.3) is 0 Å². The molecule has 0 unspecified atom stereocenters. The quantitative estimate of drug-likeness (QED) is 0.856. The fourth-order valence-corrected chi connectivity index (χ4v) is 3.27. The van der Waals surface area contributed by atoms with Crippen LogP contribution in [0.1, 0.15) is 39.6 Å². The standard InChI is InChI=1S/C22H27N3O2/c1-2-11-23-21(26)19-9-6-10-20(16-19)22(27)25-14-12-24(13-15-25)17-18-7-4-3-5-8-18/h3-10,16H,2,11-15,17H2,1H3,(H,23,26). The Morgan fingerprint density at radius 1 is 0.926 bits per heavy atom. The maximum absolute atomic E-state index is 12.8. The number of carbonyl (C=O) groups excluding carboxylic acids is 2. The second-order valence-electron chi connectivity index (χ2n) is 6.89. The highest BCUT2D eigenvalue weighted by Gasteiger charge is 2.22. The van der Waals surface area contributed by atoms with E-state index in [0.29, 0.717) is 30.8 Å². The summed E-state index contributed by atoms with van der Waals surface area (Å²) in [6, 6.07) is 17.4. The third-order valence-electron chi connectivity index (χ3n) is 4.82. The van der Waals surface area contributed by atoms with E-state index in [0.717, 1.165) is 26.1 Å². The van der Waals surface area contributed by atoms with E-state index in [2.05, 4.69) is 34.5 Å². The summed E-state index contributed by atoms with van der Waals surface area (Å²) in [4.78, 5) is 29.2. The zero-order chi connectivity index (χ0) is 19.1. The van der Waals surface area contributed by atoms with Crippen molar-refractivity contribution >= 4 is 11.8 Å². The first-order chi connectivity index (χ1) is 13.2. The second kappa shape index (κ2) is 9.33. The molecule has 0 atom stereocenters. The number of piperazine rings is 1. The number of hydrogen-bond donors (Lipinski definition) is 1. The Hall–Kier alpha value is -2.66. The summed E-state index contributed by atoms with van der Waals surface area (Å²) >= 11 is 0. The highest BCUT2D eigenvalue weighted by molar-refractivity contribution is 5.99. The van der Waals surface area contributed by atoms with Gasteiger partial charge in [0.05, 0.1) is 0 Å². The molecule has 2 aromatic rings. The molecular formula is C22H27N3O2. The summed E-state index contributed by atoms with van der Waals surface area (Å²) in [6.07, 6.45) is 0.887. The van der Waals surface area contributed by atoms with Crippen LogP contribution in [0.15, 0.2) is 54.6 Å². The highest BCUT2D eigenvalue weighted by Crippen LogP contribution is 2.13. The van der Waals surface area contributed by atoms with E-state index in [1.165, 1.54) is 5.56 Å². The van der Waals surface area contributed by atoms with Crippen molar-refractivity contribution < 1.29 is 9.59 Å². The third kappa shape index (κ3) is 5.17. The zero-order valence-electron chi connectivity index (χ0n) is 15.9. The van der Waals surface area contributed by atoms with Gasteiger partial charge in [-0.1, -0.05) is 43.3 Å². The van der Waals surface area contributed by atoms with E-state index in [9.17, 15) is 9.59 Å². The van der Waals surface area contributed by atoms with Crippen molar-refractivity contribution in [2.75, 3.05) is 32.7 Å². The summed E-state index contributed by atoms with van der Waals surface area (Å²) in [5.41, 5.74) is 2.41. The van der Waals surface area contributed by atoms with E-state index >= 15 is 0 Å². The van der Waals surface area contributed by atoms with Crippen LogP contribution >= 0.6 is 0 Å². The van der Waals surface area contributed by atoms with Gasteiger partial charge in [0.1, 0.15) is 0 Å². The van der Waals surface area contributed by atoms with Gasteiger partial charge in [-0.05, 0) is 30.2 Å². The molecule has 0 saturated carbocycles. The lowest BCUT2D eigenvalue weighted by Gasteiger charge is -2.34. The molecule has 1 N–H and O–H groups in total. The summed E-state index contributed by atoms with van der Waals surface area (Å²) in [5, 5.41) is 2.85. The van der Waals surface area contributed by atoms with Gasteiger partial charge in [-0.25, -0.2) is 0 Å². The topological polar surface area (TPSA) is 52.7 Å². The first kappa shape index (κ1) is 19.1. The minimum Gasteiger partial charge on any atom is -0.352 e. The average Bonchev–Trinajstić information content (AvgIpc) is 2.73. The second-order valence-corrected chi connectivity index (χ2v) is 6.89. The van der Waals surface area contributed by atoms with Gasteiger partial charge in [-0.3, -0.25) is 14.5 Å². The van der Waals surface area contributed by atoms with Crippen molar-refractivity contribution in [3.8, 4) is 0 Å². The molecule has 142 valence electrons. The first-order valence-corrected chi connectivity index (χ1v) is 9.61. The van der Waals surface area contributed by atoms with Gasteiger partial charge >= 0.3 is 0 Å². The van der Waals surface area contributed by atoms with Gasteiger partial charge in [0, 0.05) is 50.4 Å². The van der Waals surface area contributed by atoms with Crippen LogP contribution in [0, 0.1) is 0 Å². The molecule has 1 fully saturated rings. The van der Waals surface area contributed by atoms with Crippen molar-refractivity contribution in [3.05, 3.63) is 71.3 Å². The molecule has 3 rings (SSSR count). The predicted octanol–water partition coefficient (Wildman–Crippen LogP) is 2.78. The normalized spacial score (nSPS) is 14.8. The van der Waals surface area contributed by atoms with Crippen LogP contribution in [0.2, 0.25) is 0 Å². The summed E-state index contributed by atoms with van der Waals surface area (Å²) in [6.45, 7) is 6.69. The molecule has 2 aromatic carbocycles. The molecule has 0 aliphatic carbocycles. The maximum atomic E-state index is 12.8. The monoisotopic (exact) mass is 365 g/mol. The summed E-state index contributed by atoms with van der Waals surface area (Å²) < 4.78 is 0. The molecule has 0 bridgehead atoms. The summed E-state index contributed by atoms with van der Waals surface area (Å²) in [7, 11) is 0. The molecule has 0 radical (unpaired) electrons. The Bertz CT molecular complexity index is 768. The Kier molecular flexibility index (Phi) is 6.60. The molecule has 0 aromatic heterocycles. The van der Waals surface area contributed by atoms with Crippen LogP contribution in [0.5, 0.6) is 0 Å². The molecule has 1 aliphatic heterocycles. The lowest BCUT2D eigenvalue weighted by molar-refractivity contribution is 0.0628. The minimum absolute atomic E-state index is 0.000461. The molecule has 1 saturated heterocycles. The number of nitrogens with one attached hydrogen (secondary N) is 1. The van der Waals surface area contributed by atoms with E-state index < -0.39 is 0 Å². The first-order valence-electron chi connectivity index (χ1n) is 9.61. The van der Waals surface area contributed by atoms with Crippen molar-refractivity contribution in [1.82, 2.24) is 15.1 Å². The lowest BCUT2D eigenvalue weighted by atomic mass is 10.1. The van der Waals surface area contributed by atoms with Gasteiger partial charge < -0.3 is 10.2 Å². The van der Waals surface area contributed by atoms with Crippen LogP contribution < -0.4 is 5.32 Å². The fraction of sp³-hybridized carbons (Fsp3) is 0.364. The number of carbonyl (C=O) groups is 2. The molecule has 0 spiro atoms. The Morgan fingerprint density at radius 2 is 1.63 bits per heavy atom. The van der Waals surface area contributed by atoms with Gasteiger partial charge in [0.25, 0.3) is 11.8 Å². The van der Waals surface area contributed by atoms with Crippen LogP contribution in [-0.2, 0) is 6.54 Å². The van der Waals surface area contributed by atoms with E-state index in [1.54, 1.807) is 24.3 Å². The van der Waals surface area contributed by atoms with Crippen molar-refractivity contribution in [1.29, 1.82) is 0 Å². The molecule has 5 heteroatoms. The van der Waals surface area contributed by atoms with E-state index in [-0.39, 0.29) is 11.8 Å². The number of amides is 2. The Balaban J connectivity index is 1.57. The SMILES string of the molecule is CCCNC(=O)c1cccc(C(=O)N2CCN(Cc3ccccc3)CC2)c1. The zero-order valence-corrected chi connectivity index (χ0v) is 15.9. The average molecular weight is 365 g/mol. The van der Waals surface area contributed by atoms with Gasteiger partial charge in [0.15, 0.2) is 0 Å². The molecule has 1 aliphatic rings.